The zero-order valence-corrected chi connectivity index (χ0v) is 11.2. The number of hydrogen-bond acceptors (Lipinski definition) is 3. The summed E-state index contributed by atoms with van der Waals surface area (Å²) in [5.41, 5.74) is 1.73. The lowest BCUT2D eigenvalue weighted by atomic mass is 10.0. The van der Waals surface area contributed by atoms with Crippen molar-refractivity contribution in [3.63, 3.8) is 0 Å². The van der Waals surface area contributed by atoms with Gasteiger partial charge < -0.3 is 15.1 Å². The molecular formula is C15H23NO2. The van der Waals surface area contributed by atoms with Crippen LogP contribution in [0.25, 0.3) is 5.57 Å². The minimum atomic E-state index is -0.549. The molecule has 0 aliphatic rings. The molecule has 3 nitrogen and oxygen atoms in total. The SMILES string of the molecule is CCN(CC)C[C@H](O)/C=C(\CO)c1ccccc1. The van der Waals surface area contributed by atoms with Crippen molar-refractivity contribution in [2.75, 3.05) is 26.2 Å². The standard InChI is InChI=1S/C15H23NO2/c1-3-16(4-2)11-15(18)10-14(12-17)13-8-6-5-7-9-13/h5-10,15,17-18H,3-4,11-12H2,1-2H3/b14-10+/t15-/m1/s1. The van der Waals surface area contributed by atoms with E-state index in [2.05, 4.69) is 18.7 Å². The highest BCUT2D eigenvalue weighted by molar-refractivity contribution is 5.66. The normalized spacial score (nSPS) is 13.9. The van der Waals surface area contributed by atoms with E-state index in [1.807, 2.05) is 30.3 Å². The molecule has 0 unspecified atom stereocenters. The fraction of sp³-hybridized carbons (Fsp3) is 0.467. The van der Waals surface area contributed by atoms with Crippen LogP contribution in [0.5, 0.6) is 0 Å². The van der Waals surface area contributed by atoms with Gasteiger partial charge in [0.05, 0.1) is 12.7 Å². The van der Waals surface area contributed by atoms with Gasteiger partial charge in [0.15, 0.2) is 0 Å². The number of aliphatic hydroxyl groups is 2. The summed E-state index contributed by atoms with van der Waals surface area (Å²) in [6.45, 7) is 6.53. The van der Waals surface area contributed by atoms with Crippen LogP contribution < -0.4 is 0 Å². The molecule has 0 saturated carbocycles. The van der Waals surface area contributed by atoms with Gasteiger partial charge in [-0.15, -0.1) is 0 Å². The number of aliphatic hydroxyl groups excluding tert-OH is 2. The van der Waals surface area contributed by atoms with Gasteiger partial charge in [0, 0.05) is 6.54 Å². The van der Waals surface area contributed by atoms with E-state index in [9.17, 15) is 10.2 Å². The van der Waals surface area contributed by atoms with Crippen molar-refractivity contribution in [3.05, 3.63) is 42.0 Å². The van der Waals surface area contributed by atoms with Gasteiger partial charge >= 0.3 is 0 Å². The van der Waals surface area contributed by atoms with Gasteiger partial charge in [-0.1, -0.05) is 44.2 Å². The van der Waals surface area contributed by atoms with Gasteiger partial charge in [-0.05, 0) is 30.3 Å². The van der Waals surface area contributed by atoms with Crippen LogP contribution in [-0.4, -0.2) is 47.5 Å². The summed E-state index contributed by atoms with van der Waals surface area (Å²) in [4.78, 5) is 2.15. The lowest BCUT2D eigenvalue weighted by Crippen LogP contribution is -2.31. The lowest BCUT2D eigenvalue weighted by Gasteiger charge is -2.20. The minimum Gasteiger partial charge on any atom is -0.392 e. The third kappa shape index (κ3) is 4.61. The van der Waals surface area contributed by atoms with E-state index in [1.165, 1.54) is 0 Å². The van der Waals surface area contributed by atoms with E-state index in [0.717, 1.165) is 24.2 Å². The summed E-state index contributed by atoms with van der Waals surface area (Å²) >= 11 is 0. The molecule has 0 fully saturated rings. The molecule has 0 heterocycles. The molecule has 100 valence electrons. The van der Waals surface area contributed by atoms with Crippen molar-refractivity contribution in [2.45, 2.75) is 20.0 Å². The molecule has 1 aromatic carbocycles. The van der Waals surface area contributed by atoms with Crippen molar-refractivity contribution in [3.8, 4) is 0 Å². The minimum absolute atomic E-state index is 0.0562. The van der Waals surface area contributed by atoms with E-state index in [0.29, 0.717) is 6.54 Å². The highest BCUT2D eigenvalue weighted by atomic mass is 16.3. The van der Waals surface area contributed by atoms with Crippen LogP contribution in [0.15, 0.2) is 36.4 Å². The smallest absolute Gasteiger partial charge is 0.0854 e. The third-order valence-corrected chi connectivity index (χ3v) is 3.05. The molecule has 1 rings (SSSR count). The molecule has 2 N–H and O–H groups in total. The van der Waals surface area contributed by atoms with Gasteiger partial charge in [-0.2, -0.15) is 0 Å². The number of rotatable bonds is 7. The molecule has 0 radical (unpaired) electrons. The summed E-state index contributed by atoms with van der Waals surface area (Å²) < 4.78 is 0. The first-order valence-electron chi connectivity index (χ1n) is 6.48. The highest BCUT2D eigenvalue weighted by Gasteiger charge is 2.08. The van der Waals surface area contributed by atoms with Crippen molar-refractivity contribution >= 4 is 5.57 Å². The van der Waals surface area contributed by atoms with Crippen molar-refractivity contribution in [2.24, 2.45) is 0 Å². The number of hydrogen-bond donors (Lipinski definition) is 2. The van der Waals surface area contributed by atoms with Crippen LogP contribution in [0.3, 0.4) is 0 Å². The maximum Gasteiger partial charge on any atom is 0.0854 e. The van der Waals surface area contributed by atoms with Crippen LogP contribution in [0.2, 0.25) is 0 Å². The largest absolute Gasteiger partial charge is 0.392 e. The van der Waals surface area contributed by atoms with Gasteiger partial charge in [0.1, 0.15) is 0 Å². The quantitative estimate of drug-likeness (QED) is 0.774. The second kappa shape index (κ2) is 8.03. The first kappa shape index (κ1) is 14.9. The molecule has 1 aromatic rings. The number of likely N-dealkylation sites (N-methyl/N-ethyl adjacent to an activating group) is 1. The van der Waals surface area contributed by atoms with E-state index in [4.69, 9.17) is 0 Å². The summed E-state index contributed by atoms with van der Waals surface area (Å²) in [7, 11) is 0. The predicted octanol–water partition coefficient (Wildman–Crippen LogP) is 1.76. The van der Waals surface area contributed by atoms with Crippen LogP contribution in [0.1, 0.15) is 19.4 Å². The number of benzene rings is 1. The first-order valence-corrected chi connectivity index (χ1v) is 6.48. The summed E-state index contributed by atoms with van der Waals surface area (Å²) in [6.07, 6.45) is 1.19. The zero-order valence-electron chi connectivity index (χ0n) is 11.2. The van der Waals surface area contributed by atoms with Gasteiger partial charge in [0.2, 0.25) is 0 Å². The fourth-order valence-electron chi connectivity index (χ4n) is 1.92. The first-order chi connectivity index (χ1) is 8.71. The molecule has 0 aliphatic carbocycles. The van der Waals surface area contributed by atoms with Crippen molar-refractivity contribution < 1.29 is 10.2 Å². The Morgan fingerprint density at radius 1 is 1.22 bits per heavy atom. The summed E-state index contributed by atoms with van der Waals surface area (Å²) in [5.74, 6) is 0. The molecule has 18 heavy (non-hydrogen) atoms. The summed E-state index contributed by atoms with van der Waals surface area (Å²) in [5, 5.41) is 19.4. The maximum absolute atomic E-state index is 10.0. The topological polar surface area (TPSA) is 43.7 Å². The molecule has 1 atom stereocenters. The molecule has 0 amide bonds. The Bertz CT molecular complexity index is 358. The number of nitrogens with zero attached hydrogens (tertiary/aromatic N) is 1. The van der Waals surface area contributed by atoms with Crippen molar-refractivity contribution in [1.29, 1.82) is 0 Å². The Labute approximate surface area is 109 Å². The van der Waals surface area contributed by atoms with E-state index in [1.54, 1.807) is 6.08 Å². The second-order valence-electron chi connectivity index (χ2n) is 4.27. The fourth-order valence-corrected chi connectivity index (χ4v) is 1.92. The van der Waals surface area contributed by atoms with Gasteiger partial charge in [-0.25, -0.2) is 0 Å². The lowest BCUT2D eigenvalue weighted by molar-refractivity contribution is 0.154. The average Bonchev–Trinajstić information content (AvgIpc) is 2.43. The summed E-state index contributed by atoms with van der Waals surface area (Å²) in [6, 6.07) is 9.66. The van der Waals surface area contributed by atoms with E-state index < -0.39 is 6.10 Å². The highest BCUT2D eigenvalue weighted by Crippen LogP contribution is 2.14. The van der Waals surface area contributed by atoms with Crippen LogP contribution in [-0.2, 0) is 0 Å². The van der Waals surface area contributed by atoms with Crippen LogP contribution in [0, 0.1) is 0 Å². The van der Waals surface area contributed by atoms with Crippen LogP contribution >= 0.6 is 0 Å². The monoisotopic (exact) mass is 249 g/mol. The average molecular weight is 249 g/mol. The Hall–Kier alpha value is -1.16. The predicted molar refractivity (Wildman–Crippen MR) is 75.3 cm³/mol. The molecule has 0 aromatic heterocycles. The Morgan fingerprint density at radius 2 is 1.83 bits per heavy atom. The Morgan fingerprint density at radius 3 is 2.33 bits per heavy atom. The Balaban J connectivity index is 2.73. The molecular weight excluding hydrogens is 226 g/mol. The third-order valence-electron chi connectivity index (χ3n) is 3.05. The van der Waals surface area contributed by atoms with Crippen LogP contribution in [0.4, 0.5) is 0 Å². The molecule has 0 saturated heterocycles. The molecule has 3 heteroatoms. The molecule has 0 spiro atoms. The molecule has 0 aliphatic heterocycles. The van der Waals surface area contributed by atoms with Gasteiger partial charge in [-0.3, -0.25) is 0 Å². The van der Waals surface area contributed by atoms with Crippen molar-refractivity contribution in [1.82, 2.24) is 4.90 Å². The zero-order chi connectivity index (χ0) is 13.4. The Kier molecular flexibility index (Phi) is 6.65. The maximum atomic E-state index is 10.0. The second-order valence-corrected chi connectivity index (χ2v) is 4.27. The van der Waals surface area contributed by atoms with Gasteiger partial charge in [0.25, 0.3) is 0 Å². The molecule has 0 bridgehead atoms. The van der Waals surface area contributed by atoms with E-state index in [-0.39, 0.29) is 6.61 Å². The van der Waals surface area contributed by atoms with E-state index >= 15 is 0 Å².